The standard InChI is InChI=1S/C4H8O.C2H6.CH4O3S/c1-2-4-5-3-1;1-2;1-5(2)3-4-5/h1-4H2;1-2H3;2H,1H3. The van der Waals surface area contributed by atoms with Crippen molar-refractivity contribution in [2.24, 2.45) is 0 Å². The molecular formula is C7H18O4S. The van der Waals surface area contributed by atoms with E-state index in [4.69, 9.17) is 9.29 Å². The van der Waals surface area contributed by atoms with Gasteiger partial charge >= 0.3 is 0 Å². The summed E-state index contributed by atoms with van der Waals surface area (Å²) < 4.78 is 21.3. The van der Waals surface area contributed by atoms with Gasteiger partial charge in [-0.25, -0.2) is 0 Å². The van der Waals surface area contributed by atoms with Gasteiger partial charge in [-0.3, -0.25) is 0 Å². The molecule has 2 rings (SSSR count). The minimum absolute atomic E-state index is 1.00. The second-order valence-corrected chi connectivity index (χ2v) is 3.93. The molecule has 0 saturated carbocycles. The summed E-state index contributed by atoms with van der Waals surface area (Å²) in [5, 5.41) is 0. The third-order valence-electron chi connectivity index (χ3n) is 1.09. The normalized spacial score (nSPS) is 25.7. The molecule has 0 aromatic carbocycles. The van der Waals surface area contributed by atoms with Crippen LogP contribution in [0.5, 0.6) is 0 Å². The fourth-order valence-electron chi connectivity index (χ4n) is 0.551. The quantitative estimate of drug-likeness (QED) is 0.480. The van der Waals surface area contributed by atoms with Gasteiger partial charge in [-0.05, 0) is 12.8 Å². The number of ether oxygens (including phenoxy) is 1. The van der Waals surface area contributed by atoms with Gasteiger partial charge in [0.15, 0.2) is 0 Å². The van der Waals surface area contributed by atoms with Gasteiger partial charge in [0, 0.05) is 19.5 Å². The van der Waals surface area contributed by atoms with Gasteiger partial charge in [0.05, 0.1) is 0 Å². The van der Waals surface area contributed by atoms with Crippen LogP contribution in [-0.2, 0) is 13.4 Å². The van der Waals surface area contributed by atoms with Crippen LogP contribution in [-0.4, -0.2) is 24.0 Å². The van der Waals surface area contributed by atoms with Crippen LogP contribution in [0.3, 0.4) is 0 Å². The molecule has 0 bridgehead atoms. The van der Waals surface area contributed by atoms with E-state index in [9.17, 15) is 0 Å². The summed E-state index contributed by atoms with van der Waals surface area (Å²) in [6.07, 6.45) is 4.05. The Bertz CT molecular complexity index is 90.0. The molecule has 1 N–H and O–H groups in total. The summed E-state index contributed by atoms with van der Waals surface area (Å²) in [6, 6.07) is 0. The van der Waals surface area contributed by atoms with Crippen molar-refractivity contribution < 1.29 is 18.0 Å². The Kier molecular flexibility index (Phi) is 6.78. The average molecular weight is 198 g/mol. The third kappa shape index (κ3) is 8.29. The molecule has 4 nitrogen and oxygen atoms in total. The maximum Gasteiger partial charge on any atom is 0.148 e. The van der Waals surface area contributed by atoms with E-state index in [1.165, 1.54) is 19.1 Å². The van der Waals surface area contributed by atoms with Gasteiger partial charge in [0.2, 0.25) is 0 Å². The van der Waals surface area contributed by atoms with E-state index >= 15 is 0 Å². The second-order valence-electron chi connectivity index (χ2n) is 2.19. The summed E-state index contributed by atoms with van der Waals surface area (Å²) in [5.74, 6) is 0. The van der Waals surface area contributed by atoms with Gasteiger partial charge in [0.1, 0.15) is 10.9 Å². The molecule has 2 aliphatic heterocycles. The van der Waals surface area contributed by atoms with Crippen LogP contribution in [0, 0.1) is 0 Å². The Morgan fingerprint density at radius 2 is 1.42 bits per heavy atom. The molecule has 0 radical (unpaired) electrons. The highest BCUT2D eigenvalue weighted by atomic mass is 32.3. The molecule has 2 aliphatic rings. The van der Waals surface area contributed by atoms with Crippen LogP contribution < -0.4 is 0 Å². The fourth-order valence-corrected chi connectivity index (χ4v) is 0.872. The smallest absolute Gasteiger partial charge is 0.148 e. The molecule has 2 heterocycles. The number of hydrogen-bond donors (Lipinski definition) is 1. The lowest BCUT2D eigenvalue weighted by Gasteiger charge is -1.80. The van der Waals surface area contributed by atoms with Gasteiger partial charge < -0.3 is 9.29 Å². The third-order valence-corrected chi connectivity index (χ3v) is 1.62. The van der Waals surface area contributed by atoms with Gasteiger partial charge in [-0.2, -0.15) is 0 Å². The van der Waals surface area contributed by atoms with Gasteiger partial charge in [-0.1, -0.05) is 13.8 Å². The van der Waals surface area contributed by atoms with Gasteiger partial charge in [0.25, 0.3) is 0 Å². The van der Waals surface area contributed by atoms with Crippen molar-refractivity contribution in [1.29, 1.82) is 0 Å². The first-order valence-electron chi connectivity index (χ1n) is 4.17. The SMILES string of the molecule is C1CCOC1.CC.CS1(O)OO1. The van der Waals surface area contributed by atoms with Crippen molar-refractivity contribution in [2.75, 3.05) is 19.5 Å². The highest BCUT2D eigenvalue weighted by Crippen LogP contribution is 2.58. The summed E-state index contributed by atoms with van der Waals surface area (Å²) in [7, 11) is -1.92. The summed E-state index contributed by atoms with van der Waals surface area (Å²) in [6.45, 7) is 6.00. The Morgan fingerprint density at radius 1 is 1.08 bits per heavy atom. The lowest BCUT2D eigenvalue weighted by atomic mass is 10.4. The molecule has 0 unspecified atom stereocenters. The highest BCUT2D eigenvalue weighted by molar-refractivity contribution is 8.23. The molecule has 12 heavy (non-hydrogen) atoms. The first kappa shape index (κ1) is 12.2. The molecule has 0 spiro atoms. The topological polar surface area (TPSA) is 54.5 Å². The molecule has 0 aromatic rings. The van der Waals surface area contributed by atoms with E-state index in [2.05, 4.69) is 8.67 Å². The lowest BCUT2D eigenvalue weighted by molar-refractivity contribution is 0.0850. The van der Waals surface area contributed by atoms with E-state index in [1.807, 2.05) is 13.8 Å². The van der Waals surface area contributed by atoms with E-state index < -0.39 is 10.9 Å². The predicted molar refractivity (Wildman–Crippen MR) is 49.7 cm³/mol. The van der Waals surface area contributed by atoms with E-state index in [-0.39, 0.29) is 0 Å². The molecule has 5 heteroatoms. The zero-order valence-corrected chi connectivity index (χ0v) is 8.73. The van der Waals surface area contributed by atoms with Crippen LogP contribution in [0.25, 0.3) is 0 Å². The van der Waals surface area contributed by atoms with Crippen molar-refractivity contribution in [1.82, 2.24) is 0 Å². The lowest BCUT2D eigenvalue weighted by Crippen LogP contribution is -1.74. The monoisotopic (exact) mass is 198 g/mol. The minimum Gasteiger partial charge on any atom is -0.381 e. The van der Waals surface area contributed by atoms with Crippen molar-refractivity contribution in [3.8, 4) is 0 Å². The Morgan fingerprint density at radius 3 is 1.50 bits per heavy atom. The minimum atomic E-state index is -1.92. The largest absolute Gasteiger partial charge is 0.381 e. The second kappa shape index (κ2) is 6.68. The van der Waals surface area contributed by atoms with Crippen molar-refractivity contribution in [2.45, 2.75) is 26.7 Å². The van der Waals surface area contributed by atoms with Crippen LogP contribution in [0.4, 0.5) is 0 Å². The van der Waals surface area contributed by atoms with Crippen LogP contribution in [0.15, 0.2) is 0 Å². The summed E-state index contributed by atoms with van der Waals surface area (Å²) >= 11 is 0. The van der Waals surface area contributed by atoms with Gasteiger partial charge in [-0.15, -0.1) is 8.67 Å². The predicted octanol–water partition coefficient (Wildman–Crippen LogP) is 2.51. The van der Waals surface area contributed by atoms with E-state index in [0.29, 0.717) is 0 Å². The number of rotatable bonds is 0. The van der Waals surface area contributed by atoms with Crippen LogP contribution in [0.2, 0.25) is 0 Å². The van der Waals surface area contributed by atoms with Crippen molar-refractivity contribution >= 4 is 10.9 Å². The molecule has 2 fully saturated rings. The summed E-state index contributed by atoms with van der Waals surface area (Å²) in [5.41, 5.74) is 0. The first-order valence-corrected chi connectivity index (χ1v) is 6.02. The van der Waals surface area contributed by atoms with E-state index in [0.717, 1.165) is 13.2 Å². The molecule has 0 aromatic heterocycles. The zero-order valence-electron chi connectivity index (χ0n) is 7.91. The Hall–Kier alpha value is 0.190. The summed E-state index contributed by atoms with van der Waals surface area (Å²) in [4.78, 5) is 0. The maximum atomic E-state index is 8.27. The first-order chi connectivity index (χ1) is 5.71. The van der Waals surface area contributed by atoms with Crippen molar-refractivity contribution in [3.05, 3.63) is 0 Å². The molecule has 76 valence electrons. The van der Waals surface area contributed by atoms with E-state index in [1.54, 1.807) is 0 Å². The maximum absolute atomic E-state index is 8.27. The zero-order chi connectivity index (χ0) is 9.45. The highest BCUT2D eigenvalue weighted by Gasteiger charge is 2.34. The molecule has 0 aliphatic carbocycles. The fraction of sp³-hybridized carbons (Fsp3) is 1.00. The molecule has 0 amide bonds. The molecular weight excluding hydrogens is 180 g/mol. The molecule has 0 atom stereocenters. The number of hydrogen-bond acceptors (Lipinski definition) is 4. The molecule has 2 saturated heterocycles. The Balaban J connectivity index is 0.000000168. The Labute approximate surface area is 75.7 Å². The van der Waals surface area contributed by atoms with Crippen LogP contribution >= 0.6 is 10.9 Å². The van der Waals surface area contributed by atoms with Crippen molar-refractivity contribution in [3.63, 3.8) is 0 Å². The van der Waals surface area contributed by atoms with Crippen LogP contribution in [0.1, 0.15) is 26.7 Å². The average Bonchev–Trinajstić information content (AvgIpc) is 2.66.